The highest BCUT2D eigenvalue weighted by molar-refractivity contribution is 6.28. The number of carbonyl (C=O) groups excluding carboxylic acids is 1. The quantitative estimate of drug-likeness (QED) is 0.532. The second-order valence-corrected chi connectivity index (χ2v) is 1.61. The molecule has 0 N–H and O–H groups in total. The topological polar surface area (TPSA) is 55.7 Å². The van der Waals surface area contributed by atoms with E-state index in [4.69, 9.17) is 11.6 Å². The Bertz CT molecular complexity index is 210. The standard InChI is InChI=1S/C4H2ClN3O/c5-4-6-1-3(2-9)7-8-4/h1-2H. The molecule has 1 aromatic heterocycles. The van der Waals surface area contributed by atoms with Gasteiger partial charge in [-0.15, -0.1) is 10.2 Å². The van der Waals surface area contributed by atoms with Crippen LogP contribution in [0.1, 0.15) is 10.5 Å². The lowest BCUT2D eigenvalue weighted by molar-refractivity contribution is 0.111. The number of nitrogens with zero attached hydrogens (tertiary/aromatic N) is 3. The number of carbonyl (C=O) groups is 1. The highest BCUT2D eigenvalue weighted by atomic mass is 35.5. The number of halogens is 1. The fourth-order valence-electron chi connectivity index (χ4n) is 0.324. The van der Waals surface area contributed by atoms with E-state index >= 15 is 0 Å². The van der Waals surface area contributed by atoms with Crippen LogP contribution in [0.2, 0.25) is 5.28 Å². The van der Waals surface area contributed by atoms with Gasteiger partial charge in [0.05, 0.1) is 6.20 Å². The molecule has 0 aliphatic heterocycles. The molecule has 0 aliphatic rings. The molecule has 1 heterocycles. The van der Waals surface area contributed by atoms with E-state index in [0.717, 1.165) is 0 Å². The largest absolute Gasteiger partial charge is 0.296 e. The molecule has 4 nitrogen and oxygen atoms in total. The van der Waals surface area contributed by atoms with E-state index in [0.29, 0.717) is 6.29 Å². The Morgan fingerprint density at radius 3 is 2.78 bits per heavy atom. The predicted octanol–water partition coefficient (Wildman–Crippen LogP) is 0.337. The van der Waals surface area contributed by atoms with Gasteiger partial charge >= 0.3 is 0 Å². The molecule has 1 aromatic rings. The summed E-state index contributed by atoms with van der Waals surface area (Å²) in [6.45, 7) is 0. The van der Waals surface area contributed by atoms with Crippen molar-refractivity contribution < 1.29 is 4.79 Å². The number of rotatable bonds is 1. The van der Waals surface area contributed by atoms with Crippen molar-refractivity contribution in [1.82, 2.24) is 15.2 Å². The minimum Gasteiger partial charge on any atom is -0.296 e. The zero-order valence-electron chi connectivity index (χ0n) is 4.28. The van der Waals surface area contributed by atoms with Crippen molar-refractivity contribution in [3.8, 4) is 0 Å². The molecule has 5 heteroatoms. The first-order valence-corrected chi connectivity index (χ1v) is 2.51. The summed E-state index contributed by atoms with van der Waals surface area (Å²) in [5, 5.41) is 6.75. The average molecular weight is 144 g/mol. The number of hydrogen-bond acceptors (Lipinski definition) is 4. The molecule has 0 saturated heterocycles. The Hall–Kier alpha value is -1.03. The van der Waals surface area contributed by atoms with Crippen molar-refractivity contribution in [2.45, 2.75) is 0 Å². The van der Waals surface area contributed by atoms with Crippen LogP contribution in [0, 0.1) is 0 Å². The lowest BCUT2D eigenvalue weighted by Gasteiger charge is -1.84. The van der Waals surface area contributed by atoms with E-state index in [2.05, 4.69) is 15.2 Å². The van der Waals surface area contributed by atoms with Crippen LogP contribution >= 0.6 is 11.6 Å². The van der Waals surface area contributed by atoms with E-state index in [-0.39, 0.29) is 11.0 Å². The summed E-state index contributed by atoms with van der Waals surface area (Å²) in [5.74, 6) is 0. The number of hydrogen-bond donors (Lipinski definition) is 0. The molecular weight excluding hydrogens is 142 g/mol. The third-order valence-corrected chi connectivity index (χ3v) is 0.845. The normalized spacial score (nSPS) is 9.00. The maximum Gasteiger partial charge on any atom is 0.242 e. The highest BCUT2D eigenvalue weighted by Gasteiger charge is 1.91. The van der Waals surface area contributed by atoms with Crippen molar-refractivity contribution in [2.75, 3.05) is 0 Å². The second kappa shape index (κ2) is 2.50. The maximum atomic E-state index is 9.93. The van der Waals surface area contributed by atoms with Gasteiger partial charge in [-0.25, -0.2) is 4.98 Å². The molecule has 0 spiro atoms. The fraction of sp³-hybridized carbons (Fsp3) is 0. The summed E-state index contributed by atoms with van der Waals surface area (Å²) in [6.07, 6.45) is 1.80. The minimum atomic E-state index is 0.0422. The summed E-state index contributed by atoms with van der Waals surface area (Å²) < 4.78 is 0. The molecule has 0 atom stereocenters. The summed E-state index contributed by atoms with van der Waals surface area (Å²) >= 11 is 5.27. The van der Waals surface area contributed by atoms with E-state index in [1.807, 2.05) is 0 Å². The zero-order chi connectivity index (χ0) is 6.69. The van der Waals surface area contributed by atoms with Crippen LogP contribution in [-0.2, 0) is 0 Å². The zero-order valence-corrected chi connectivity index (χ0v) is 5.04. The summed E-state index contributed by atoms with van der Waals surface area (Å²) in [4.78, 5) is 13.4. The van der Waals surface area contributed by atoms with E-state index in [1.54, 1.807) is 0 Å². The Morgan fingerprint density at radius 1 is 1.56 bits per heavy atom. The molecule has 0 aromatic carbocycles. The van der Waals surface area contributed by atoms with E-state index in [9.17, 15) is 4.79 Å². The van der Waals surface area contributed by atoms with Crippen molar-refractivity contribution in [3.05, 3.63) is 17.2 Å². The Balaban J connectivity index is 3.01. The molecule has 0 radical (unpaired) electrons. The van der Waals surface area contributed by atoms with E-state index < -0.39 is 0 Å². The fourth-order valence-corrected chi connectivity index (χ4v) is 0.411. The third kappa shape index (κ3) is 1.43. The molecule has 0 unspecified atom stereocenters. The van der Waals surface area contributed by atoms with Crippen LogP contribution in [0.5, 0.6) is 0 Å². The van der Waals surface area contributed by atoms with Crippen LogP contribution in [0.4, 0.5) is 0 Å². The molecule has 0 fully saturated rings. The third-order valence-electron chi connectivity index (χ3n) is 0.672. The first kappa shape index (κ1) is 6.10. The van der Waals surface area contributed by atoms with Gasteiger partial charge in [0.15, 0.2) is 6.29 Å². The highest BCUT2D eigenvalue weighted by Crippen LogP contribution is 1.93. The van der Waals surface area contributed by atoms with Gasteiger partial charge in [-0.2, -0.15) is 0 Å². The Kier molecular flexibility index (Phi) is 1.69. The van der Waals surface area contributed by atoms with Crippen molar-refractivity contribution >= 4 is 17.9 Å². The molecule has 9 heavy (non-hydrogen) atoms. The van der Waals surface area contributed by atoms with Gasteiger partial charge in [0.2, 0.25) is 5.28 Å². The van der Waals surface area contributed by atoms with Crippen LogP contribution in [-0.4, -0.2) is 21.5 Å². The molecular formula is C4H2ClN3O. The van der Waals surface area contributed by atoms with E-state index in [1.165, 1.54) is 6.20 Å². The average Bonchev–Trinajstić information content (AvgIpc) is 1.90. The maximum absolute atomic E-state index is 9.93. The van der Waals surface area contributed by atoms with Gasteiger partial charge < -0.3 is 0 Å². The smallest absolute Gasteiger partial charge is 0.242 e. The molecule has 0 aliphatic carbocycles. The van der Waals surface area contributed by atoms with Gasteiger partial charge in [-0.05, 0) is 11.6 Å². The van der Waals surface area contributed by atoms with Gasteiger partial charge in [0.1, 0.15) is 5.69 Å². The van der Waals surface area contributed by atoms with Crippen LogP contribution in [0.15, 0.2) is 6.20 Å². The summed E-state index contributed by atoms with van der Waals surface area (Å²) in [5.41, 5.74) is 0.180. The lowest BCUT2D eigenvalue weighted by Crippen LogP contribution is -1.91. The van der Waals surface area contributed by atoms with Crippen molar-refractivity contribution in [2.24, 2.45) is 0 Å². The summed E-state index contributed by atoms with van der Waals surface area (Å²) in [7, 11) is 0. The van der Waals surface area contributed by atoms with Crippen LogP contribution in [0.25, 0.3) is 0 Å². The first-order valence-electron chi connectivity index (χ1n) is 2.13. The van der Waals surface area contributed by atoms with Crippen LogP contribution < -0.4 is 0 Å². The van der Waals surface area contributed by atoms with Gasteiger partial charge in [0, 0.05) is 0 Å². The van der Waals surface area contributed by atoms with Crippen molar-refractivity contribution in [3.63, 3.8) is 0 Å². The SMILES string of the molecule is O=Cc1cnc(Cl)nn1. The predicted molar refractivity (Wildman–Crippen MR) is 30.2 cm³/mol. The van der Waals surface area contributed by atoms with Gasteiger partial charge in [0.25, 0.3) is 0 Å². The first-order chi connectivity index (χ1) is 4.33. The summed E-state index contributed by atoms with van der Waals surface area (Å²) in [6, 6.07) is 0. The number of aldehydes is 1. The minimum absolute atomic E-state index is 0.0422. The Morgan fingerprint density at radius 2 is 2.33 bits per heavy atom. The lowest BCUT2D eigenvalue weighted by atomic mass is 10.5. The Labute approximate surface area is 55.9 Å². The molecule has 46 valence electrons. The molecule has 0 saturated carbocycles. The molecule has 0 bridgehead atoms. The molecule has 0 amide bonds. The molecule has 1 rings (SSSR count). The van der Waals surface area contributed by atoms with Gasteiger partial charge in [-0.1, -0.05) is 0 Å². The van der Waals surface area contributed by atoms with Crippen molar-refractivity contribution in [1.29, 1.82) is 0 Å². The number of aromatic nitrogens is 3. The monoisotopic (exact) mass is 143 g/mol. The van der Waals surface area contributed by atoms with Crippen LogP contribution in [0.3, 0.4) is 0 Å². The van der Waals surface area contributed by atoms with Gasteiger partial charge in [-0.3, -0.25) is 4.79 Å². The second-order valence-electron chi connectivity index (χ2n) is 1.27.